The van der Waals surface area contributed by atoms with Gasteiger partial charge in [0, 0.05) is 30.0 Å². The van der Waals surface area contributed by atoms with Crippen LogP contribution in [0.5, 0.6) is 0 Å². The second kappa shape index (κ2) is 8.86. The Hall–Kier alpha value is -3.22. The van der Waals surface area contributed by atoms with Gasteiger partial charge in [-0.25, -0.2) is 4.39 Å². The second-order valence-corrected chi connectivity index (χ2v) is 7.18. The van der Waals surface area contributed by atoms with Crippen molar-refractivity contribution < 1.29 is 13.9 Å². The summed E-state index contributed by atoms with van der Waals surface area (Å²) < 4.78 is 20.0. The minimum Gasteiger partial charge on any atom is -0.460 e. The minimum atomic E-state index is -0.643. The summed E-state index contributed by atoms with van der Waals surface area (Å²) in [5, 5.41) is 7.11. The monoisotopic (exact) mass is 396 g/mol. The average Bonchev–Trinajstić information content (AvgIpc) is 2.66. The van der Waals surface area contributed by atoms with E-state index in [0.29, 0.717) is 24.3 Å². The highest BCUT2D eigenvalue weighted by molar-refractivity contribution is 5.94. The molecule has 29 heavy (non-hydrogen) atoms. The van der Waals surface area contributed by atoms with Crippen molar-refractivity contribution >= 4 is 23.1 Å². The molecule has 0 spiro atoms. The Morgan fingerprint density at radius 3 is 2.66 bits per heavy atom. The molecule has 0 amide bonds. The summed E-state index contributed by atoms with van der Waals surface area (Å²) in [7, 11) is 0. The Morgan fingerprint density at radius 1 is 1.31 bits per heavy atom. The number of aromatic nitrogens is 1. The van der Waals surface area contributed by atoms with Gasteiger partial charge in [0.15, 0.2) is 5.82 Å². The molecule has 3 rings (SSSR count). The van der Waals surface area contributed by atoms with Gasteiger partial charge in [0.25, 0.3) is 0 Å². The number of hydrogen-bond donors (Lipinski definition) is 2. The number of nitrogens with zero attached hydrogens (tertiary/aromatic N) is 2. The number of halogens is 1. The third-order valence-electron chi connectivity index (χ3n) is 4.78. The van der Waals surface area contributed by atoms with Crippen LogP contribution in [-0.2, 0) is 16.1 Å². The van der Waals surface area contributed by atoms with Gasteiger partial charge in [0.1, 0.15) is 18.9 Å². The van der Waals surface area contributed by atoms with Crippen LogP contribution in [0.2, 0.25) is 0 Å². The summed E-state index contributed by atoms with van der Waals surface area (Å²) in [4.78, 5) is 17.9. The highest BCUT2D eigenvalue weighted by Crippen LogP contribution is 2.29. The number of benzene rings is 1. The first-order valence-electron chi connectivity index (χ1n) is 9.49. The molecule has 1 aliphatic rings. The summed E-state index contributed by atoms with van der Waals surface area (Å²) in [6, 6.07) is 9.22. The molecule has 0 fully saturated rings. The zero-order valence-corrected chi connectivity index (χ0v) is 16.7. The summed E-state index contributed by atoms with van der Waals surface area (Å²) in [5.41, 5.74) is 10.3. The van der Waals surface area contributed by atoms with E-state index in [9.17, 15) is 9.18 Å². The van der Waals surface area contributed by atoms with Gasteiger partial charge in [-0.3, -0.25) is 15.2 Å². The normalized spacial score (nSPS) is 13.8. The molecule has 3 N–H and O–H groups in total. The van der Waals surface area contributed by atoms with Crippen LogP contribution in [0, 0.1) is 25.1 Å². The van der Waals surface area contributed by atoms with E-state index in [-0.39, 0.29) is 18.9 Å². The number of anilines is 1. The zero-order valence-electron chi connectivity index (χ0n) is 16.7. The second-order valence-electron chi connectivity index (χ2n) is 7.18. The van der Waals surface area contributed by atoms with E-state index in [1.54, 1.807) is 18.2 Å². The van der Waals surface area contributed by atoms with E-state index in [1.807, 2.05) is 18.7 Å². The molecule has 2 aromatic rings. The van der Waals surface area contributed by atoms with Gasteiger partial charge in [-0.2, -0.15) is 0 Å². The van der Waals surface area contributed by atoms with E-state index in [1.165, 1.54) is 11.1 Å². The molecule has 1 aromatic carbocycles. The molecule has 0 saturated heterocycles. The van der Waals surface area contributed by atoms with Crippen LogP contribution < -0.4 is 10.6 Å². The Balaban J connectivity index is 1.71. The van der Waals surface area contributed by atoms with Gasteiger partial charge in [-0.05, 0) is 49.6 Å². The van der Waals surface area contributed by atoms with Crippen LogP contribution in [0.15, 0.2) is 36.4 Å². The number of ether oxygens (including phenoxy) is 1. The van der Waals surface area contributed by atoms with Crippen molar-refractivity contribution in [1.82, 2.24) is 4.98 Å². The highest BCUT2D eigenvalue weighted by Gasteiger charge is 2.19. The van der Waals surface area contributed by atoms with Crippen LogP contribution >= 0.6 is 0 Å². The quantitative estimate of drug-likeness (QED) is 0.443. The fraction of sp³-hybridized carbons (Fsp3) is 0.318. The summed E-state index contributed by atoms with van der Waals surface area (Å²) in [6.45, 7) is 5.07. The van der Waals surface area contributed by atoms with E-state index in [2.05, 4.69) is 23.2 Å². The molecule has 152 valence electrons. The van der Waals surface area contributed by atoms with Crippen molar-refractivity contribution in [2.45, 2.75) is 33.3 Å². The smallest absolute Gasteiger partial charge is 0.313 e. The summed E-state index contributed by atoms with van der Waals surface area (Å²) in [6.07, 6.45) is 2.63. The Kier molecular flexibility index (Phi) is 6.26. The van der Waals surface area contributed by atoms with Crippen molar-refractivity contribution in [3.8, 4) is 0 Å². The summed E-state index contributed by atoms with van der Waals surface area (Å²) >= 11 is 0. The molecule has 1 aliphatic heterocycles. The first-order chi connectivity index (χ1) is 13.8. The number of pyridine rings is 1. The van der Waals surface area contributed by atoms with E-state index in [4.69, 9.17) is 15.9 Å². The molecule has 2 heterocycles. The van der Waals surface area contributed by atoms with Crippen LogP contribution in [0.25, 0.3) is 5.57 Å². The van der Waals surface area contributed by atoms with E-state index in [0.717, 1.165) is 17.8 Å². The van der Waals surface area contributed by atoms with E-state index < -0.39 is 11.8 Å². The first kappa shape index (κ1) is 20.5. The molecular weight excluding hydrogens is 371 g/mol. The Labute approximate surface area is 169 Å². The number of nitrogens with one attached hydrogen (secondary N) is 1. The molecule has 0 unspecified atom stereocenters. The lowest BCUT2D eigenvalue weighted by atomic mass is 9.98. The van der Waals surface area contributed by atoms with Crippen LogP contribution in [0.4, 0.5) is 10.1 Å². The predicted molar refractivity (Wildman–Crippen MR) is 111 cm³/mol. The molecule has 0 aliphatic carbocycles. The van der Waals surface area contributed by atoms with Gasteiger partial charge in [0.05, 0.1) is 5.69 Å². The molecule has 7 heteroatoms. The van der Waals surface area contributed by atoms with Gasteiger partial charge < -0.3 is 15.4 Å². The SMILES string of the molecule is Cc1cc(C2=CCN(c3cccc(COC(=O)CC(=N)N)c3F)CC2)cc(C)n1. The predicted octanol–water partition coefficient (Wildman–Crippen LogP) is 3.50. The standard InChI is InChI=1S/C22H25FN4O2/c1-14-10-18(11-15(2)26-14)16-6-8-27(9-7-16)19-5-3-4-17(22(19)23)13-29-21(28)12-20(24)25/h3-6,10-11H,7-9,12-13H2,1-2H3,(H3,24,25). The van der Waals surface area contributed by atoms with Gasteiger partial charge in [-0.15, -0.1) is 0 Å². The van der Waals surface area contributed by atoms with Crippen molar-refractivity contribution in [3.05, 3.63) is 64.7 Å². The van der Waals surface area contributed by atoms with Crippen molar-refractivity contribution in [3.63, 3.8) is 0 Å². The number of carbonyl (C=O) groups excluding carboxylic acids is 1. The molecule has 0 bridgehead atoms. The first-order valence-corrected chi connectivity index (χ1v) is 9.49. The van der Waals surface area contributed by atoms with Gasteiger partial charge in [0.2, 0.25) is 0 Å². The van der Waals surface area contributed by atoms with Crippen LogP contribution in [0.1, 0.15) is 35.4 Å². The maximum atomic E-state index is 15.0. The number of aryl methyl sites for hydroxylation is 2. The zero-order chi connectivity index (χ0) is 21.0. The average molecular weight is 396 g/mol. The van der Waals surface area contributed by atoms with Gasteiger partial charge in [-0.1, -0.05) is 18.2 Å². The van der Waals surface area contributed by atoms with Crippen LogP contribution in [-0.4, -0.2) is 29.9 Å². The minimum absolute atomic E-state index is 0.184. The highest BCUT2D eigenvalue weighted by atomic mass is 19.1. The lowest BCUT2D eigenvalue weighted by Crippen LogP contribution is -2.29. The number of rotatable bonds is 6. The molecule has 0 radical (unpaired) electrons. The van der Waals surface area contributed by atoms with Crippen molar-refractivity contribution in [1.29, 1.82) is 5.41 Å². The topological polar surface area (TPSA) is 92.3 Å². The number of amidine groups is 1. The number of esters is 1. The Morgan fingerprint density at radius 2 is 2.03 bits per heavy atom. The largest absolute Gasteiger partial charge is 0.460 e. The van der Waals surface area contributed by atoms with Crippen molar-refractivity contribution in [2.24, 2.45) is 5.73 Å². The lowest BCUT2D eigenvalue weighted by Gasteiger charge is -2.29. The Bertz CT molecular complexity index is 951. The molecule has 0 atom stereocenters. The third kappa shape index (κ3) is 5.19. The number of carbonyl (C=O) groups is 1. The number of nitrogens with two attached hydrogens (primary N) is 1. The fourth-order valence-corrected chi connectivity index (χ4v) is 3.46. The number of hydrogen-bond acceptors (Lipinski definition) is 5. The molecule has 1 aromatic heterocycles. The van der Waals surface area contributed by atoms with E-state index >= 15 is 0 Å². The lowest BCUT2D eigenvalue weighted by molar-refractivity contribution is -0.143. The fourth-order valence-electron chi connectivity index (χ4n) is 3.46. The van der Waals surface area contributed by atoms with Crippen LogP contribution in [0.3, 0.4) is 0 Å². The summed E-state index contributed by atoms with van der Waals surface area (Å²) in [5.74, 6) is -1.31. The molecule has 6 nitrogen and oxygen atoms in total. The maximum absolute atomic E-state index is 15.0. The van der Waals surface area contributed by atoms with Crippen molar-refractivity contribution in [2.75, 3.05) is 18.0 Å². The molecule has 0 saturated carbocycles. The maximum Gasteiger partial charge on any atom is 0.313 e. The van der Waals surface area contributed by atoms with Gasteiger partial charge >= 0.3 is 5.97 Å². The molecular formula is C22H25FN4O2. The third-order valence-corrected chi connectivity index (χ3v) is 4.78.